The van der Waals surface area contributed by atoms with E-state index in [9.17, 15) is 9.90 Å². The van der Waals surface area contributed by atoms with Gasteiger partial charge in [-0.25, -0.2) is 4.79 Å². The number of aliphatic hydroxyl groups is 1. The first-order valence-corrected chi connectivity index (χ1v) is 6.51. The number of hydrogen-bond donors (Lipinski definition) is 2. The molecule has 6 nitrogen and oxygen atoms in total. The van der Waals surface area contributed by atoms with Gasteiger partial charge in [0.2, 0.25) is 0 Å². The van der Waals surface area contributed by atoms with Crippen molar-refractivity contribution in [2.75, 3.05) is 52.9 Å². The van der Waals surface area contributed by atoms with Crippen LogP contribution in [-0.2, 0) is 9.53 Å². The second-order valence-electron chi connectivity index (χ2n) is 5.40. The van der Waals surface area contributed by atoms with Gasteiger partial charge in [-0.2, -0.15) is 0 Å². The Labute approximate surface area is 108 Å². The van der Waals surface area contributed by atoms with Crippen LogP contribution in [0.2, 0.25) is 0 Å². The summed E-state index contributed by atoms with van der Waals surface area (Å²) in [6.07, 6.45) is 0. The fourth-order valence-corrected chi connectivity index (χ4v) is 2.67. The van der Waals surface area contributed by atoms with Crippen molar-refractivity contribution >= 4 is 5.97 Å². The second-order valence-corrected chi connectivity index (χ2v) is 5.40. The lowest BCUT2D eigenvalue weighted by Gasteiger charge is -2.48. The Hall–Kier alpha value is -0.690. The minimum Gasteiger partial charge on any atom is -0.467 e. The molecule has 0 aliphatic carbocycles. The van der Waals surface area contributed by atoms with E-state index >= 15 is 0 Å². The Bertz CT molecular complexity index is 297. The zero-order valence-electron chi connectivity index (χ0n) is 11.2. The van der Waals surface area contributed by atoms with Gasteiger partial charge in [0, 0.05) is 51.9 Å². The van der Waals surface area contributed by atoms with Gasteiger partial charge in [0.25, 0.3) is 0 Å². The molecule has 0 saturated carbocycles. The Morgan fingerprint density at radius 2 is 2.06 bits per heavy atom. The molecule has 0 radical (unpaired) electrons. The summed E-state index contributed by atoms with van der Waals surface area (Å²) in [6.45, 7) is 7.99. The molecule has 0 aromatic heterocycles. The van der Waals surface area contributed by atoms with E-state index in [1.165, 1.54) is 14.0 Å². The van der Waals surface area contributed by atoms with Crippen LogP contribution in [0.3, 0.4) is 0 Å². The van der Waals surface area contributed by atoms with Crippen molar-refractivity contribution in [1.29, 1.82) is 0 Å². The number of carbonyl (C=O) groups is 1. The maximum absolute atomic E-state index is 11.4. The smallest absolute Gasteiger partial charge is 0.338 e. The highest BCUT2D eigenvalue weighted by molar-refractivity contribution is 5.78. The summed E-state index contributed by atoms with van der Waals surface area (Å²) >= 11 is 0. The molecule has 2 fully saturated rings. The van der Waals surface area contributed by atoms with E-state index in [1.807, 2.05) is 0 Å². The van der Waals surface area contributed by atoms with Gasteiger partial charge in [-0.05, 0) is 6.92 Å². The normalized spacial score (nSPS) is 26.4. The highest BCUT2D eigenvalue weighted by atomic mass is 16.5. The molecule has 2 saturated heterocycles. The van der Waals surface area contributed by atoms with Crippen LogP contribution < -0.4 is 5.32 Å². The number of ether oxygens (including phenoxy) is 1. The lowest BCUT2D eigenvalue weighted by molar-refractivity contribution is -0.164. The molecule has 0 aromatic carbocycles. The van der Waals surface area contributed by atoms with Crippen molar-refractivity contribution in [2.45, 2.75) is 18.6 Å². The van der Waals surface area contributed by atoms with E-state index in [0.717, 1.165) is 39.3 Å². The monoisotopic (exact) mass is 257 g/mol. The summed E-state index contributed by atoms with van der Waals surface area (Å²) < 4.78 is 4.59. The van der Waals surface area contributed by atoms with Gasteiger partial charge >= 0.3 is 5.97 Å². The topological polar surface area (TPSA) is 65.0 Å². The number of nitrogens with zero attached hydrogens (tertiary/aromatic N) is 2. The first kappa shape index (κ1) is 13.7. The molecule has 1 atom stereocenters. The van der Waals surface area contributed by atoms with Crippen molar-refractivity contribution < 1.29 is 14.6 Å². The zero-order chi connectivity index (χ0) is 13.2. The molecule has 2 aliphatic rings. The van der Waals surface area contributed by atoms with E-state index in [2.05, 4.69) is 19.9 Å². The molecule has 0 amide bonds. The zero-order valence-corrected chi connectivity index (χ0v) is 11.2. The van der Waals surface area contributed by atoms with Gasteiger partial charge in [-0.3, -0.25) is 9.80 Å². The number of carbonyl (C=O) groups excluding carboxylic acids is 1. The molecule has 6 heteroatoms. The Morgan fingerprint density at radius 1 is 1.44 bits per heavy atom. The van der Waals surface area contributed by atoms with E-state index in [0.29, 0.717) is 12.6 Å². The second kappa shape index (κ2) is 5.52. The largest absolute Gasteiger partial charge is 0.467 e. The Morgan fingerprint density at radius 3 is 2.61 bits per heavy atom. The van der Waals surface area contributed by atoms with Crippen molar-refractivity contribution in [2.24, 2.45) is 0 Å². The van der Waals surface area contributed by atoms with Crippen LogP contribution in [0.5, 0.6) is 0 Å². The van der Waals surface area contributed by atoms with Crippen LogP contribution in [0.4, 0.5) is 0 Å². The van der Waals surface area contributed by atoms with E-state index < -0.39 is 11.6 Å². The summed E-state index contributed by atoms with van der Waals surface area (Å²) in [5, 5.41) is 13.3. The number of hydrogen-bond acceptors (Lipinski definition) is 6. The molecule has 0 bridgehead atoms. The van der Waals surface area contributed by atoms with Crippen molar-refractivity contribution in [3.8, 4) is 0 Å². The first-order valence-electron chi connectivity index (χ1n) is 6.51. The molecular formula is C12H23N3O3. The number of methoxy groups -OCH3 is 1. The predicted molar refractivity (Wildman–Crippen MR) is 67.3 cm³/mol. The highest BCUT2D eigenvalue weighted by Crippen LogP contribution is 2.19. The summed E-state index contributed by atoms with van der Waals surface area (Å²) in [5.41, 5.74) is -1.40. The molecule has 2 rings (SSSR count). The first-order chi connectivity index (χ1) is 8.53. The summed E-state index contributed by atoms with van der Waals surface area (Å²) in [6, 6.07) is 0.570. The maximum Gasteiger partial charge on any atom is 0.338 e. The average molecular weight is 257 g/mol. The Kier molecular flexibility index (Phi) is 4.21. The highest BCUT2D eigenvalue weighted by Gasteiger charge is 2.39. The van der Waals surface area contributed by atoms with Crippen LogP contribution in [0.25, 0.3) is 0 Å². The third-order valence-electron chi connectivity index (χ3n) is 3.76. The molecular weight excluding hydrogens is 234 g/mol. The SMILES string of the molecule is COC(=O)C(C)(O)CN1CC(N2CCNCC2)C1. The number of nitrogens with one attached hydrogen (secondary N) is 1. The van der Waals surface area contributed by atoms with Crippen LogP contribution in [0.1, 0.15) is 6.92 Å². The lowest BCUT2D eigenvalue weighted by Crippen LogP contribution is -2.65. The fraction of sp³-hybridized carbons (Fsp3) is 0.917. The molecule has 2 aliphatic heterocycles. The molecule has 0 spiro atoms. The number of rotatable bonds is 4. The average Bonchev–Trinajstić information content (AvgIpc) is 2.33. The Balaban J connectivity index is 1.74. The van der Waals surface area contributed by atoms with E-state index in [1.54, 1.807) is 0 Å². The molecule has 18 heavy (non-hydrogen) atoms. The van der Waals surface area contributed by atoms with Crippen LogP contribution >= 0.6 is 0 Å². The van der Waals surface area contributed by atoms with E-state index in [4.69, 9.17) is 0 Å². The van der Waals surface area contributed by atoms with Crippen LogP contribution in [-0.4, -0.2) is 85.4 Å². The minimum absolute atomic E-state index is 0.349. The van der Waals surface area contributed by atoms with Crippen LogP contribution in [0, 0.1) is 0 Å². The van der Waals surface area contributed by atoms with Gasteiger partial charge < -0.3 is 15.2 Å². The van der Waals surface area contributed by atoms with Crippen LogP contribution in [0.15, 0.2) is 0 Å². The number of β-amino-alcohol motifs (C(OH)–C–C–N with tert-alkyl or cyclic N) is 1. The molecule has 2 N–H and O–H groups in total. The third kappa shape index (κ3) is 3.00. The fourth-order valence-electron chi connectivity index (χ4n) is 2.67. The van der Waals surface area contributed by atoms with Gasteiger partial charge in [0.1, 0.15) is 0 Å². The summed E-state index contributed by atoms with van der Waals surface area (Å²) in [7, 11) is 1.30. The predicted octanol–water partition coefficient (Wildman–Crippen LogP) is -1.50. The van der Waals surface area contributed by atoms with Gasteiger partial charge in [-0.15, -0.1) is 0 Å². The quantitative estimate of drug-likeness (QED) is 0.598. The maximum atomic E-state index is 11.4. The minimum atomic E-state index is -1.40. The number of esters is 1. The van der Waals surface area contributed by atoms with Gasteiger partial charge in [-0.1, -0.05) is 0 Å². The van der Waals surface area contributed by atoms with E-state index in [-0.39, 0.29) is 0 Å². The third-order valence-corrected chi connectivity index (χ3v) is 3.76. The molecule has 0 aromatic rings. The number of likely N-dealkylation sites (tertiary alicyclic amines) is 1. The molecule has 1 unspecified atom stereocenters. The summed E-state index contributed by atoms with van der Waals surface area (Å²) in [5.74, 6) is -0.562. The number of piperazine rings is 1. The van der Waals surface area contributed by atoms with Crippen molar-refractivity contribution in [1.82, 2.24) is 15.1 Å². The lowest BCUT2D eigenvalue weighted by atomic mass is 10.0. The van der Waals surface area contributed by atoms with Crippen molar-refractivity contribution in [3.05, 3.63) is 0 Å². The molecule has 104 valence electrons. The standard InChI is InChI=1S/C12H23N3O3/c1-12(17,11(16)18-2)9-14-7-10(8-14)15-5-3-13-4-6-15/h10,13,17H,3-9H2,1-2H3. The van der Waals surface area contributed by atoms with Crippen molar-refractivity contribution in [3.63, 3.8) is 0 Å². The molecule has 2 heterocycles. The van der Waals surface area contributed by atoms with Gasteiger partial charge in [0.15, 0.2) is 5.60 Å². The van der Waals surface area contributed by atoms with Gasteiger partial charge in [0.05, 0.1) is 7.11 Å². The summed E-state index contributed by atoms with van der Waals surface area (Å²) in [4.78, 5) is 15.9.